The van der Waals surface area contributed by atoms with Crippen molar-refractivity contribution >= 4 is 17.9 Å². The van der Waals surface area contributed by atoms with Crippen molar-refractivity contribution in [2.24, 2.45) is 0 Å². The third kappa shape index (κ3) is 39.5. The second-order valence-electron chi connectivity index (χ2n) is 15.9. The summed E-state index contributed by atoms with van der Waals surface area (Å²) in [4.78, 5) is 37.0. The minimum absolute atomic E-state index is 0.0299. The van der Waals surface area contributed by atoms with Crippen LogP contribution in [0, 0.1) is 0 Å². The lowest BCUT2D eigenvalue weighted by Crippen LogP contribution is -2.50. The molecule has 0 aromatic rings. The Morgan fingerprint density at radius 3 is 1.39 bits per heavy atom. The second-order valence-corrected chi connectivity index (χ2v) is 15.9. The van der Waals surface area contributed by atoms with E-state index in [9.17, 15) is 19.5 Å². The highest BCUT2D eigenvalue weighted by Crippen LogP contribution is 2.13. The molecule has 0 saturated heterocycles. The number of carboxylic acid groups (broad SMARTS) is 1. The molecule has 0 aliphatic heterocycles. The first-order valence-electron chi connectivity index (χ1n) is 22.8. The van der Waals surface area contributed by atoms with Gasteiger partial charge in [-0.25, -0.2) is 4.79 Å². The number of rotatable bonds is 39. The average molecular weight is 823 g/mol. The van der Waals surface area contributed by atoms with Crippen LogP contribution in [-0.4, -0.2) is 80.6 Å². The fraction of sp³-hybridized carbons (Fsp3) is 0.627. The van der Waals surface area contributed by atoms with Crippen LogP contribution in [0.2, 0.25) is 0 Å². The van der Waals surface area contributed by atoms with Crippen molar-refractivity contribution in [1.29, 1.82) is 0 Å². The van der Waals surface area contributed by atoms with Gasteiger partial charge in [-0.15, -0.1) is 0 Å². The van der Waals surface area contributed by atoms with E-state index in [-0.39, 0.29) is 42.7 Å². The predicted octanol–water partition coefficient (Wildman–Crippen LogP) is 12.7. The second kappa shape index (κ2) is 41.0. The van der Waals surface area contributed by atoms with E-state index in [4.69, 9.17) is 14.2 Å². The monoisotopic (exact) mass is 823 g/mol. The highest BCUT2D eigenvalue weighted by Gasteiger charge is 2.31. The number of unbranched alkanes of at least 4 members (excludes halogenated alkanes) is 9. The van der Waals surface area contributed by atoms with Crippen LogP contribution in [0.4, 0.5) is 0 Å². The van der Waals surface area contributed by atoms with Crippen LogP contribution in [0.25, 0.3) is 0 Å². The average Bonchev–Trinajstić information content (AvgIpc) is 3.19. The number of carbonyl (C=O) groups excluding carboxylic acids is 2. The molecule has 0 spiro atoms. The van der Waals surface area contributed by atoms with E-state index in [1.807, 2.05) is 33.3 Å². The summed E-state index contributed by atoms with van der Waals surface area (Å²) in [7, 11) is 5.49. The molecule has 0 fully saturated rings. The number of ether oxygens (including phenoxy) is 3. The largest absolute Gasteiger partial charge is 0.477 e. The maximum Gasteiger partial charge on any atom is 0.362 e. The molecule has 59 heavy (non-hydrogen) atoms. The summed E-state index contributed by atoms with van der Waals surface area (Å²) in [6.45, 7) is 4.41. The van der Waals surface area contributed by atoms with E-state index in [2.05, 4.69) is 98.9 Å². The van der Waals surface area contributed by atoms with Crippen molar-refractivity contribution in [3.63, 3.8) is 0 Å². The first kappa shape index (κ1) is 55.2. The van der Waals surface area contributed by atoms with E-state index >= 15 is 0 Å². The Bertz CT molecular complexity index is 1280. The Kier molecular flexibility index (Phi) is 38.4. The summed E-state index contributed by atoms with van der Waals surface area (Å²) in [6.07, 6.45) is 54.7. The van der Waals surface area contributed by atoms with Gasteiger partial charge in [-0.1, -0.05) is 156 Å². The van der Waals surface area contributed by atoms with Crippen molar-refractivity contribution in [2.75, 3.05) is 41.0 Å². The van der Waals surface area contributed by atoms with Crippen LogP contribution in [0.5, 0.6) is 0 Å². The Morgan fingerprint density at radius 1 is 0.508 bits per heavy atom. The molecule has 0 radical (unpaired) electrons. The molecule has 0 amide bonds. The lowest BCUT2D eigenvalue weighted by molar-refractivity contribution is -0.887. The third-order valence-electron chi connectivity index (χ3n) is 9.49. The molecule has 1 N–H and O–H groups in total. The standard InChI is InChI=1S/C51H83NO7/c1-6-8-10-12-14-16-18-20-22-24-25-26-28-30-32-34-36-38-40-42-50(54)59-47(45-57-44-43-48(51(55)56)52(3,4)5)46-58-49(53)41-39-37-35-33-31-29-27-23-21-19-17-15-13-11-9-7-2/h8-11,14-17,20-23,29,31,35,37,47-48H,6-7,12-13,18-19,24-28,30,32-34,36,38-46H2,1-5H3/p+1/b10-8+,11-9+,16-14+,17-15+,22-20+,23-21+,31-29+,37-35+. The minimum Gasteiger partial charge on any atom is -0.477 e. The van der Waals surface area contributed by atoms with Crippen molar-refractivity contribution in [1.82, 2.24) is 0 Å². The summed E-state index contributed by atoms with van der Waals surface area (Å²) in [5.41, 5.74) is 0. The molecule has 0 aliphatic carbocycles. The van der Waals surface area contributed by atoms with Gasteiger partial charge in [-0.3, -0.25) is 9.59 Å². The Labute approximate surface area is 360 Å². The normalized spacial score (nSPS) is 13.8. The Hall–Kier alpha value is -3.75. The van der Waals surface area contributed by atoms with Gasteiger partial charge in [0.15, 0.2) is 12.1 Å². The first-order valence-corrected chi connectivity index (χ1v) is 22.8. The van der Waals surface area contributed by atoms with Gasteiger partial charge in [-0.2, -0.15) is 0 Å². The van der Waals surface area contributed by atoms with Crippen molar-refractivity contribution in [3.8, 4) is 0 Å². The zero-order chi connectivity index (χ0) is 43.5. The van der Waals surface area contributed by atoms with Crippen molar-refractivity contribution in [3.05, 3.63) is 97.2 Å². The van der Waals surface area contributed by atoms with E-state index in [1.165, 1.54) is 38.5 Å². The van der Waals surface area contributed by atoms with Gasteiger partial charge in [-0.05, 0) is 77.0 Å². The number of quaternary nitrogens is 1. The van der Waals surface area contributed by atoms with Crippen LogP contribution >= 0.6 is 0 Å². The highest BCUT2D eigenvalue weighted by molar-refractivity contribution is 5.72. The Balaban J connectivity index is 4.44. The zero-order valence-corrected chi connectivity index (χ0v) is 37.9. The van der Waals surface area contributed by atoms with Crippen LogP contribution in [-0.2, 0) is 28.6 Å². The summed E-state index contributed by atoms with van der Waals surface area (Å²) >= 11 is 0. The molecule has 0 aliphatic rings. The quantitative estimate of drug-likeness (QED) is 0.0285. The van der Waals surface area contributed by atoms with Gasteiger partial charge < -0.3 is 23.8 Å². The van der Waals surface area contributed by atoms with Gasteiger partial charge >= 0.3 is 17.9 Å². The van der Waals surface area contributed by atoms with Crippen molar-refractivity contribution < 1.29 is 38.2 Å². The summed E-state index contributed by atoms with van der Waals surface area (Å²) in [5, 5.41) is 9.63. The maximum absolute atomic E-state index is 12.7. The molecule has 0 aromatic carbocycles. The number of nitrogens with zero attached hydrogens (tertiary/aromatic N) is 1. The number of carboxylic acids is 1. The zero-order valence-electron chi connectivity index (χ0n) is 37.9. The summed E-state index contributed by atoms with van der Waals surface area (Å²) in [6, 6.07) is -0.631. The summed E-state index contributed by atoms with van der Waals surface area (Å²) in [5.74, 6) is -1.59. The fourth-order valence-corrected chi connectivity index (χ4v) is 6.04. The number of hydrogen-bond donors (Lipinski definition) is 1. The molecule has 0 heterocycles. The molecule has 8 nitrogen and oxygen atoms in total. The molecule has 0 saturated carbocycles. The number of likely N-dealkylation sites (N-methyl/N-ethyl adjacent to an activating group) is 1. The van der Waals surface area contributed by atoms with E-state index < -0.39 is 18.1 Å². The molecule has 0 aromatic heterocycles. The highest BCUT2D eigenvalue weighted by atomic mass is 16.6. The van der Waals surface area contributed by atoms with Crippen LogP contribution in [0.1, 0.15) is 155 Å². The maximum atomic E-state index is 12.7. The lowest BCUT2D eigenvalue weighted by atomic mass is 10.1. The number of hydrogen-bond acceptors (Lipinski definition) is 6. The van der Waals surface area contributed by atoms with Gasteiger partial charge in [0.1, 0.15) is 6.61 Å². The number of aliphatic carboxylic acids is 1. The Morgan fingerprint density at radius 2 is 0.932 bits per heavy atom. The summed E-state index contributed by atoms with van der Waals surface area (Å²) < 4.78 is 17.2. The smallest absolute Gasteiger partial charge is 0.362 e. The van der Waals surface area contributed by atoms with Gasteiger partial charge in [0.05, 0.1) is 34.4 Å². The van der Waals surface area contributed by atoms with Crippen molar-refractivity contribution in [2.45, 2.75) is 167 Å². The van der Waals surface area contributed by atoms with E-state index in [0.29, 0.717) is 19.3 Å². The number of carbonyl (C=O) groups is 3. The fourth-order valence-electron chi connectivity index (χ4n) is 6.04. The molecule has 2 unspecified atom stereocenters. The van der Waals surface area contributed by atoms with E-state index in [0.717, 1.165) is 77.0 Å². The molecular formula is C51H84NO7+. The van der Waals surface area contributed by atoms with E-state index in [1.54, 1.807) is 0 Å². The molecule has 0 bridgehead atoms. The SMILES string of the molecule is CC/C=C/C/C=C/C/C=C/C/C=C/C/C=C/CCC(=O)OCC(COCCC(C(=O)O)[N+](C)(C)C)OC(=O)CCCCCCCCCCC/C=C/C/C=C/C/C=C/CC. The third-order valence-corrected chi connectivity index (χ3v) is 9.49. The van der Waals surface area contributed by atoms with Crippen LogP contribution in [0.15, 0.2) is 97.2 Å². The number of esters is 2. The molecule has 0 rings (SSSR count). The lowest BCUT2D eigenvalue weighted by Gasteiger charge is -2.31. The molecule has 8 heteroatoms. The molecular weight excluding hydrogens is 739 g/mol. The topological polar surface area (TPSA) is 99.1 Å². The molecule has 2 atom stereocenters. The van der Waals surface area contributed by atoms with Gasteiger partial charge in [0.2, 0.25) is 0 Å². The minimum atomic E-state index is -0.889. The van der Waals surface area contributed by atoms with Crippen LogP contribution in [0.3, 0.4) is 0 Å². The van der Waals surface area contributed by atoms with Crippen LogP contribution < -0.4 is 0 Å². The van der Waals surface area contributed by atoms with Gasteiger partial charge in [0.25, 0.3) is 0 Å². The predicted molar refractivity (Wildman–Crippen MR) is 247 cm³/mol. The molecule has 334 valence electrons. The first-order chi connectivity index (χ1) is 28.6. The number of allylic oxidation sites excluding steroid dienone is 16. The van der Waals surface area contributed by atoms with Gasteiger partial charge in [0, 0.05) is 19.3 Å².